The van der Waals surface area contributed by atoms with E-state index < -0.39 is 17.9 Å². The number of aromatic nitrogens is 6. The minimum atomic E-state index is -2.88. The van der Waals surface area contributed by atoms with Gasteiger partial charge in [0.25, 0.3) is 0 Å². The van der Waals surface area contributed by atoms with Gasteiger partial charge in [0.1, 0.15) is 39.4 Å². The molecule has 13 heteroatoms. The second-order valence-electron chi connectivity index (χ2n) is 12.7. The van der Waals surface area contributed by atoms with Gasteiger partial charge in [-0.15, -0.1) is 0 Å². The average Bonchev–Trinajstić information content (AvgIpc) is 3.56. The Labute approximate surface area is 266 Å². The third-order valence-electron chi connectivity index (χ3n) is 8.02. The van der Waals surface area contributed by atoms with Crippen LogP contribution in [-0.4, -0.2) is 63.9 Å². The Bertz CT molecular complexity index is 1920. The fourth-order valence-electron chi connectivity index (χ4n) is 5.34. The lowest BCUT2D eigenvalue weighted by Gasteiger charge is -2.21. The zero-order valence-corrected chi connectivity index (χ0v) is 28.9. The first-order valence-corrected chi connectivity index (χ1v) is 21.2. The van der Waals surface area contributed by atoms with Crippen LogP contribution in [-0.2, 0) is 27.8 Å². The van der Waals surface area contributed by atoms with Gasteiger partial charge >= 0.3 is 0 Å². The number of halogens is 1. The number of aryl methyl sites for hydroxylation is 1. The van der Waals surface area contributed by atoms with Gasteiger partial charge < -0.3 is 14.0 Å². The normalized spacial score (nSPS) is 15.8. The summed E-state index contributed by atoms with van der Waals surface area (Å²) in [7, 11) is -4.05. The molecule has 0 spiro atoms. The van der Waals surface area contributed by atoms with Crippen molar-refractivity contribution in [1.29, 1.82) is 0 Å². The van der Waals surface area contributed by atoms with Gasteiger partial charge in [0.05, 0.1) is 50.6 Å². The maximum absolute atomic E-state index is 11.8. The predicted octanol–water partition coefficient (Wildman–Crippen LogP) is 6.84. The largest absolute Gasteiger partial charge is 0.456 e. The third kappa shape index (κ3) is 7.06. The van der Waals surface area contributed by atoms with Gasteiger partial charge in [0.15, 0.2) is 0 Å². The van der Waals surface area contributed by atoms with E-state index in [1.54, 1.807) is 12.4 Å². The standard InChI is InChI=1S/C31H37BrN6O4SSi/c1-21-35-25-6-5-24(15-28(25)38(21)20-41-11-14-44(2,3)4)42-29-8-7-26-31(30(29)32)36-27(17-33-26)23-16-34-37(19-23)18-22-9-12-43(39,40)13-10-22/h5-8,15-17,19,22H,9-14,18,20H2,1-4H3. The molecule has 0 atom stereocenters. The molecule has 0 unspecified atom stereocenters. The molecule has 5 aromatic rings. The van der Waals surface area contributed by atoms with Crippen molar-refractivity contribution in [1.82, 2.24) is 29.3 Å². The molecule has 1 aliphatic rings. The first-order chi connectivity index (χ1) is 20.9. The quantitative estimate of drug-likeness (QED) is 0.115. The van der Waals surface area contributed by atoms with Crippen molar-refractivity contribution in [3.05, 3.63) is 59.2 Å². The van der Waals surface area contributed by atoms with Crippen molar-refractivity contribution in [2.24, 2.45) is 5.92 Å². The van der Waals surface area contributed by atoms with Crippen LogP contribution in [0.5, 0.6) is 11.5 Å². The van der Waals surface area contributed by atoms with Crippen LogP contribution in [0.2, 0.25) is 25.7 Å². The van der Waals surface area contributed by atoms with E-state index in [0.29, 0.717) is 59.2 Å². The number of imidazole rings is 1. The topological polar surface area (TPSA) is 114 Å². The van der Waals surface area contributed by atoms with Gasteiger partial charge in [0.2, 0.25) is 0 Å². The Kier molecular flexibility index (Phi) is 8.66. The molecular weight excluding hydrogens is 660 g/mol. The number of hydrogen-bond donors (Lipinski definition) is 0. The highest BCUT2D eigenvalue weighted by Crippen LogP contribution is 2.36. The van der Waals surface area contributed by atoms with Crippen molar-refractivity contribution in [2.45, 2.75) is 58.7 Å². The maximum Gasteiger partial charge on any atom is 0.150 e. The smallest absolute Gasteiger partial charge is 0.150 e. The van der Waals surface area contributed by atoms with Crippen molar-refractivity contribution in [3.63, 3.8) is 0 Å². The molecule has 3 aromatic heterocycles. The molecule has 0 bridgehead atoms. The molecule has 4 heterocycles. The van der Waals surface area contributed by atoms with Gasteiger partial charge in [-0.1, -0.05) is 19.6 Å². The van der Waals surface area contributed by atoms with Crippen LogP contribution in [0, 0.1) is 12.8 Å². The molecule has 2 aromatic carbocycles. The zero-order chi connectivity index (χ0) is 31.1. The molecule has 0 amide bonds. The van der Waals surface area contributed by atoms with E-state index in [4.69, 9.17) is 19.4 Å². The van der Waals surface area contributed by atoms with Crippen molar-refractivity contribution >= 4 is 55.9 Å². The van der Waals surface area contributed by atoms with Crippen LogP contribution in [0.15, 0.2) is 53.4 Å². The number of sulfone groups is 1. The van der Waals surface area contributed by atoms with E-state index in [1.165, 1.54) is 0 Å². The highest BCUT2D eigenvalue weighted by Gasteiger charge is 2.24. The fraction of sp³-hybridized carbons (Fsp3) is 0.419. The molecule has 10 nitrogen and oxygen atoms in total. The Hall–Kier alpha value is -3.13. The van der Waals surface area contributed by atoms with Crippen molar-refractivity contribution in [2.75, 3.05) is 18.1 Å². The summed E-state index contributed by atoms with van der Waals surface area (Å²) in [6, 6.07) is 10.8. The first-order valence-electron chi connectivity index (χ1n) is 14.9. The van der Waals surface area contributed by atoms with E-state index >= 15 is 0 Å². The molecule has 0 saturated carbocycles. The highest BCUT2D eigenvalue weighted by molar-refractivity contribution is 9.10. The Morgan fingerprint density at radius 2 is 1.82 bits per heavy atom. The van der Waals surface area contributed by atoms with Gasteiger partial charge in [-0.3, -0.25) is 9.67 Å². The number of fused-ring (bicyclic) bond motifs is 2. The summed E-state index contributed by atoms with van der Waals surface area (Å²) >= 11 is 3.72. The molecule has 1 fully saturated rings. The SMILES string of the molecule is Cc1nc2ccc(Oc3ccc4ncc(-c5cnn(CC6CCS(=O)(=O)CC6)c5)nc4c3Br)cc2n1COCC[Si](C)(C)C. The summed E-state index contributed by atoms with van der Waals surface area (Å²) in [4.78, 5) is 14.2. The number of nitrogens with zero attached hydrogens (tertiary/aromatic N) is 6. The van der Waals surface area contributed by atoms with Crippen molar-refractivity contribution in [3.8, 4) is 22.8 Å². The highest BCUT2D eigenvalue weighted by atomic mass is 79.9. The first kappa shape index (κ1) is 30.9. The second-order valence-corrected chi connectivity index (χ2v) is 21.5. The van der Waals surface area contributed by atoms with E-state index in [1.807, 2.05) is 48.1 Å². The Morgan fingerprint density at radius 1 is 1.05 bits per heavy atom. The zero-order valence-electron chi connectivity index (χ0n) is 25.5. The number of ether oxygens (including phenoxy) is 2. The van der Waals surface area contributed by atoms with Crippen molar-refractivity contribution < 1.29 is 17.9 Å². The van der Waals surface area contributed by atoms with Gasteiger partial charge in [0, 0.05) is 39.1 Å². The average molecular weight is 698 g/mol. The van der Waals surface area contributed by atoms with Crippen LogP contribution in [0.4, 0.5) is 0 Å². The van der Waals surface area contributed by atoms with Crippen LogP contribution in [0.3, 0.4) is 0 Å². The molecule has 0 N–H and O–H groups in total. The molecule has 44 heavy (non-hydrogen) atoms. The monoisotopic (exact) mass is 696 g/mol. The summed E-state index contributed by atoms with van der Waals surface area (Å²) < 4.78 is 40.6. The van der Waals surface area contributed by atoms with Gasteiger partial charge in [-0.25, -0.2) is 18.4 Å². The van der Waals surface area contributed by atoms with Crippen LogP contribution in [0.1, 0.15) is 18.7 Å². The maximum atomic E-state index is 11.8. The van der Waals surface area contributed by atoms with E-state index in [9.17, 15) is 8.42 Å². The number of hydrogen-bond acceptors (Lipinski definition) is 8. The lowest BCUT2D eigenvalue weighted by atomic mass is 10.0. The predicted molar refractivity (Wildman–Crippen MR) is 178 cm³/mol. The summed E-state index contributed by atoms with van der Waals surface area (Å²) in [5.41, 5.74) is 4.82. The summed E-state index contributed by atoms with van der Waals surface area (Å²) in [5.74, 6) is 3.01. The lowest BCUT2D eigenvalue weighted by molar-refractivity contribution is 0.0885. The summed E-state index contributed by atoms with van der Waals surface area (Å²) in [6.45, 7) is 10.9. The fourth-order valence-corrected chi connectivity index (χ4v) is 8.19. The molecule has 6 rings (SSSR count). The minimum absolute atomic E-state index is 0.255. The van der Waals surface area contributed by atoms with Gasteiger partial charge in [-0.05, 0) is 71.9 Å². The lowest BCUT2D eigenvalue weighted by Crippen LogP contribution is -2.26. The Balaban J connectivity index is 1.20. The van der Waals surface area contributed by atoms with Gasteiger partial charge in [-0.2, -0.15) is 5.10 Å². The molecule has 0 aliphatic carbocycles. The van der Waals surface area contributed by atoms with Crippen LogP contribution >= 0.6 is 15.9 Å². The summed E-state index contributed by atoms with van der Waals surface area (Å²) in [6.07, 6.45) is 6.81. The van der Waals surface area contributed by atoms with Crippen LogP contribution < -0.4 is 4.74 Å². The van der Waals surface area contributed by atoms with E-state index in [2.05, 4.69) is 50.2 Å². The molecular formula is C31H37BrN6O4SSi. The minimum Gasteiger partial charge on any atom is -0.456 e. The van der Waals surface area contributed by atoms with Crippen LogP contribution in [0.25, 0.3) is 33.3 Å². The summed E-state index contributed by atoms with van der Waals surface area (Å²) in [5, 5.41) is 4.52. The number of benzene rings is 2. The Morgan fingerprint density at radius 3 is 2.59 bits per heavy atom. The van der Waals surface area contributed by atoms with E-state index in [0.717, 1.165) is 40.6 Å². The van der Waals surface area contributed by atoms with E-state index in [-0.39, 0.29) is 11.5 Å². The molecule has 0 radical (unpaired) electrons. The number of rotatable bonds is 10. The molecule has 1 saturated heterocycles. The molecule has 232 valence electrons. The second kappa shape index (κ2) is 12.3. The molecule has 1 aliphatic heterocycles. The third-order valence-corrected chi connectivity index (χ3v) is 12.2.